The normalized spacial score (nSPS) is 38.4. The highest BCUT2D eigenvalue weighted by atomic mass is 16.5. The molecular formula is C24H36O4. The molecule has 4 heteroatoms. The molecule has 1 aliphatic heterocycles. The monoisotopic (exact) mass is 388 g/mol. The number of ether oxygens (including phenoxy) is 1. The molecular weight excluding hydrogens is 352 g/mol. The van der Waals surface area contributed by atoms with Crippen LogP contribution in [0.3, 0.4) is 0 Å². The van der Waals surface area contributed by atoms with Crippen molar-refractivity contribution in [2.45, 2.75) is 78.9 Å². The van der Waals surface area contributed by atoms with E-state index in [1.54, 1.807) is 0 Å². The number of esters is 1. The maximum atomic E-state index is 13.3. The number of ketones is 1. The average molecular weight is 389 g/mol. The summed E-state index contributed by atoms with van der Waals surface area (Å²) in [5, 5.41) is 9.89. The number of hydrogen-bond acceptors (Lipinski definition) is 4. The molecule has 0 aromatic carbocycles. The lowest BCUT2D eigenvalue weighted by atomic mass is 9.59. The number of cyclic esters (lactones) is 1. The van der Waals surface area contributed by atoms with Gasteiger partial charge in [0.15, 0.2) is 0 Å². The predicted octanol–water partition coefficient (Wildman–Crippen LogP) is 4.47. The summed E-state index contributed by atoms with van der Waals surface area (Å²) in [6, 6.07) is 0. The van der Waals surface area contributed by atoms with Gasteiger partial charge in [0.05, 0.1) is 12.5 Å². The topological polar surface area (TPSA) is 63.6 Å². The van der Waals surface area contributed by atoms with Gasteiger partial charge in [-0.05, 0) is 48.5 Å². The number of aliphatic hydroxyl groups excluding tert-OH is 1. The van der Waals surface area contributed by atoms with Gasteiger partial charge < -0.3 is 9.84 Å². The highest BCUT2D eigenvalue weighted by Gasteiger charge is 2.45. The van der Waals surface area contributed by atoms with Crippen molar-refractivity contribution in [3.05, 3.63) is 23.8 Å². The number of carbonyl (C=O) groups is 2. The first-order valence-corrected chi connectivity index (χ1v) is 10.9. The molecule has 28 heavy (non-hydrogen) atoms. The zero-order chi connectivity index (χ0) is 20.6. The Morgan fingerprint density at radius 1 is 1.21 bits per heavy atom. The first-order valence-electron chi connectivity index (χ1n) is 10.9. The SMILES string of the molecule is C[C@H]1C=C2C=C[C@H](C)[C@H](CC[C@@H]3C[C@@H](O)CC(=O)O3)[C@H]2[C@@H](C(=O)C(C)(C)C)C1. The van der Waals surface area contributed by atoms with Crippen LogP contribution >= 0.6 is 0 Å². The fraction of sp³-hybridized carbons (Fsp3) is 0.750. The molecule has 1 N–H and O–H groups in total. The van der Waals surface area contributed by atoms with E-state index < -0.39 is 6.10 Å². The Morgan fingerprint density at radius 3 is 2.57 bits per heavy atom. The molecule has 0 spiro atoms. The van der Waals surface area contributed by atoms with Crippen LogP contribution in [-0.2, 0) is 14.3 Å². The molecule has 3 rings (SSSR count). The summed E-state index contributed by atoms with van der Waals surface area (Å²) in [5.41, 5.74) is 0.968. The van der Waals surface area contributed by atoms with Gasteiger partial charge >= 0.3 is 5.97 Å². The zero-order valence-corrected chi connectivity index (χ0v) is 18.0. The van der Waals surface area contributed by atoms with Gasteiger partial charge in [-0.15, -0.1) is 0 Å². The molecule has 0 amide bonds. The number of carbonyl (C=O) groups excluding carboxylic acids is 2. The molecule has 0 bridgehead atoms. The fourth-order valence-electron chi connectivity index (χ4n) is 5.42. The van der Waals surface area contributed by atoms with E-state index in [0.717, 1.165) is 19.3 Å². The minimum absolute atomic E-state index is 0.0481. The zero-order valence-electron chi connectivity index (χ0n) is 18.0. The summed E-state index contributed by atoms with van der Waals surface area (Å²) in [7, 11) is 0. The Hall–Kier alpha value is -1.42. The second-order valence-corrected chi connectivity index (χ2v) is 10.3. The highest BCUT2D eigenvalue weighted by Crippen LogP contribution is 2.48. The Bertz CT molecular complexity index is 669. The Morgan fingerprint density at radius 2 is 1.93 bits per heavy atom. The molecule has 0 saturated carbocycles. The molecule has 156 valence electrons. The minimum atomic E-state index is -0.587. The number of hydrogen-bond donors (Lipinski definition) is 1. The molecule has 0 radical (unpaired) electrons. The van der Waals surface area contributed by atoms with Crippen LogP contribution in [0.1, 0.15) is 66.7 Å². The van der Waals surface area contributed by atoms with Crippen molar-refractivity contribution in [1.82, 2.24) is 0 Å². The van der Waals surface area contributed by atoms with Crippen molar-refractivity contribution in [3.8, 4) is 0 Å². The second kappa shape index (κ2) is 8.14. The van der Waals surface area contributed by atoms with Crippen LogP contribution in [-0.4, -0.2) is 29.1 Å². The van der Waals surface area contributed by atoms with Crippen molar-refractivity contribution in [1.29, 1.82) is 0 Å². The number of fused-ring (bicyclic) bond motifs is 1. The van der Waals surface area contributed by atoms with E-state index in [0.29, 0.717) is 30.0 Å². The molecule has 3 aliphatic rings. The van der Waals surface area contributed by atoms with Crippen LogP contribution in [0.2, 0.25) is 0 Å². The minimum Gasteiger partial charge on any atom is -0.462 e. The molecule has 4 nitrogen and oxygen atoms in total. The van der Waals surface area contributed by atoms with E-state index >= 15 is 0 Å². The van der Waals surface area contributed by atoms with E-state index in [1.165, 1.54) is 5.57 Å². The standard InChI is InChI=1S/C24H36O4/c1-14-10-16-7-6-15(2)19(9-8-18-12-17(25)13-21(26)28-18)22(16)20(11-14)23(27)24(3,4)5/h6-7,10,14-15,17-20,22,25H,8-9,11-13H2,1-5H3/t14-,15-,17+,18+,19-,20-,22-/m0/s1. The van der Waals surface area contributed by atoms with Crippen LogP contribution in [0.15, 0.2) is 23.8 Å². The maximum absolute atomic E-state index is 13.3. The maximum Gasteiger partial charge on any atom is 0.308 e. The predicted molar refractivity (Wildman–Crippen MR) is 109 cm³/mol. The number of allylic oxidation sites excluding steroid dienone is 4. The Labute approximate surface area is 169 Å². The number of rotatable bonds is 4. The van der Waals surface area contributed by atoms with Crippen LogP contribution < -0.4 is 0 Å². The summed E-state index contributed by atoms with van der Waals surface area (Å²) in [6.07, 6.45) is 9.25. The lowest BCUT2D eigenvalue weighted by Crippen LogP contribution is -2.43. The first-order chi connectivity index (χ1) is 13.1. The van der Waals surface area contributed by atoms with Gasteiger partial charge in [-0.25, -0.2) is 0 Å². The van der Waals surface area contributed by atoms with Crippen molar-refractivity contribution in [2.75, 3.05) is 0 Å². The third kappa shape index (κ3) is 4.59. The Kier molecular flexibility index (Phi) is 6.19. The molecule has 1 heterocycles. The van der Waals surface area contributed by atoms with E-state index in [1.807, 2.05) is 20.8 Å². The molecule has 1 fully saturated rings. The molecule has 0 aromatic rings. The van der Waals surface area contributed by atoms with Crippen LogP contribution in [0.5, 0.6) is 0 Å². The molecule has 0 unspecified atom stereocenters. The van der Waals surface area contributed by atoms with E-state index in [-0.39, 0.29) is 35.7 Å². The van der Waals surface area contributed by atoms with Crippen LogP contribution in [0.4, 0.5) is 0 Å². The fourth-order valence-corrected chi connectivity index (χ4v) is 5.42. The van der Waals surface area contributed by atoms with Gasteiger partial charge in [0.25, 0.3) is 0 Å². The smallest absolute Gasteiger partial charge is 0.308 e. The summed E-state index contributed by atoms with van der Waals surface area (Å²) in [5.74, 6) is 1.51. The summed E-state index contributed by atoms with van der Waals surface area (Å²) >= 11 is 0. The van der Waals surface area contributed by atoms with Gasteiger partial charge in [-0.2, -0.15) is 0 Å². The summed E-state index contributed by atoms with van der Waals surface area (Å²) in [6.45, 7) is 10.5. The molecule has 0 aromatic heterocycles. The molecule has 2 aliphatic carbocycles. The third-order valence-corrected chi connectivity index (χ3v) is 6.78. The van der Waals surface area contributed by atoms with Gasteiger partial charge in [0.2, 0.25) is 0 Å². The largest absolute Gasteiger partial charge is 0.462 e. The van der Waals surface area contributed by atoms with Gasteiger partial charge in [0.1, 0.15) is 11.9 Å². The molecule has 1 saturated heterocycles. The van der Waals surface area contributed by atoms with E-state index in [9.17, 15) is 14.7 Å². The second-order valence-electron chi connectivity index (χ2n) is 10.3. The van der Waals surface area contributed by atoms with Crippen molar-refractivity contribution >= 4 is 11.8 Å². The van der Waals surface area contributed by atoms with Gasteiger partial charge in [-0.1, -0.05) is 52.8 Å². The summed E-state index contributed by atoms with van der Waals surface area (Å²) < 4.78 is 5.47. The van der Waals surface area contributed by atoms with Gasteiger partial charge in [-0.3, -0.25) is 9.59 Å². The summed E-state index contributed by atoms with van der Waals surface area (Å²) in [4.78, 5) is 25.0. The van der Waals surface area contributed by atoms with Crippen LogP contribution in [0, 0.1) is 35.0 Å². The van der Waals surface area contributed by atoms with Crippen LogP contribution in [0.25, 0.3) is 0 Å². The van der Waals surface area contributed by atoms with E-state index in [4.69, 9.17) is 4.74 Å². The van der Waals surface area contributed by atoms with Gasteiger partial charge in [0, 0.05) is 17.8 Å². The lowest BCUT2D eigenvalue weighted by Gasteiger charge is -2.45. The quantitative estimate of drug-likeness (QED) is 0.722. The highest BCUT2D eigenvalue weighted by molar-refractivity contribution is 5.87. The molecule has 7 atom stereocenters. The van der Waals surface area contributed by atoms with Crippen molar-refractivity contribution in [2.24, 2.45) is 35.0 Å². The number of Topliss-reactive ketones (excluding diaryl/α,β-unsaturated/α-hetero) is 1. The Balaban J connectivity index is 1.80. The van der Waals surface area contributed by atoms with Crippen molar-refractivity contribution < 1.29 is 19.4 Å². The average Bonchev–Trinajstić information content (AvgIpc) is 2.58. The van der Waals surface area contributed by atoms with E-state index in [2.05, 4.69) is 32.1 Å². The third-order valence-electron chi connectivity index (χ3n) is 6.78. The first kappa shape index (κ1) is 21.3. The number of aliphatic hydroxyl groups is 1. The van der Waals surface area contributed by atoms with Crippen molar-refractivity contribution in [3.63, 3.8) is 0 Å². The lowest BCUT2D eigenvalue weighted by molar-refractivity contribution is -0.160.